The second-order valence-corrected chi connectivity index (χ2v) is 4.33. The summed E-state index contributed by atoms with van der Waals surface area (Å²) in [6.07, 6.45) is -4.80. The minimum Gasteiger partial charge on any atom is -0.406 e. The molecule has 0 heterocycles. The van der Waals surface area contributed by atoms with Gasteiger partial charge in [-0.25, -0.2) is 4.39 Å². The van der Waals surface area contributed by atoms with Gasteiger partial charge in [0.25, 0.3) is 0 Å². The first-order valence-corrected chi connectivity index (χ1v) is 5.75. The van der Waals surface area contributed by atoms with Gasteiger partial charge < -0.3 is 10.5 Å². The zero-order valence-corrected chi connectivity index (χ0v) is 10.6. The quantitative estimate of drug-likeness (QED) is 0.648. The summed E-state index contributed by atoms with van der Waals surface area (Å²) in [4.78, 5) is 0. The molecule has 2 N–H and O–H groups in total. The Balaban J connectivity index is 2.46. The van der Waals surface area contributed by atoms with Crippen LogP contribution < -0.4 is 10.5 Å². The second-order valence-electron chi connectivity index (χ2n) is 3.92. The van der Waals surface area contributed by atoms with Gasteiger partial charge in [-0.15, -0.1) is 13.2 Å². The van der Waals surface area contributed by atoms with Gasteiger partial charge in [0.1, 0.15) is 11.6 Å². The Kier molecular flexibility index (Phi) is 3.76. The molecule has 20 heavy (non-hydrogen) atoms. The van der Waals surface area contributed by atoms with E-state index in [2.05, 4.69) is 4.74 Å². The Hall–Kier alpha value is -1.95. The van der Waals surface area contributed by atoms with E-state index < -0.39 is 17.9 Å². The average Bonchev–Trinajstić information content (AvgIpc) is 2.32. The summed E-state index contributed by atoms with van der Waals surface area (Å²) < 4.78 is 53.6. The largest absolute Gasteiger partial charge is 0.573 e. The van der Waals surface area contributed by atoms with E-state index in [0.29, 0.717) is 0 Å². The van der Waals surface area contributed by atoms with Gasteiger partial charge in [-0.05, 0) is 29.8 Å². The van der Waals surface area contributed by atoms with Crippen molar-refractivity contribution in [3.05, 3.63) is 47.2 Å². The molecular formula is C13H8ClF4NO. The van der Waals surface area contributed by atoms with Gasteiger partial charge in [0.15, 0.2) is 0 Å². The minimum absolute atomic E-state index is 0.0119. The molecule has 0 aliphatic carbocycles. The average molecular weight is 306 g/mol. The van der Waals surface area contributed by atoms with Gasteiger partial charge in [0.2, 0.25) is 0 Å². The molecule has 0 spiro atoms. The fraction of sp³-hybridized carbons (Fsp3) is 0.0769. The van der Waals surface area contributed by atoms with E-state index in [4.69, 9.17) is 17.3 Å². The SMILES string of the molecule is Nc1c(Cl)cc(F)cc1-c1cccc(OC(F)(F)F)c1. The van der Waals surface area contributed by atoms with Crippen LogP contribution in [0.3, 0.4) is 0 Å². The molecule has 2 aromatic carbocycles. The number of rotatable bonds is 2. The second kappa shape index (κ2) is 5.20. The van der Waals surface area contributed by atoms with E-state index in [1.165, 1.54) is 12.1 Å². The molecule has 0 fully saturated rings. The first-order valence-electron chi connectivity index (χ1n) is 5.37. The van der Waals surface area contributed by atoms with Crippen LogP contribution in [0.2, 0.25) is 5.02 Å². The van der Waals surface area contributed by atoms with Crippen molar-refractivity contribution in [3.63, 3.8) is 0 Å². The molecule has 7 heteroatoms. The first kappa shape index (κ1) is 14.5. The lowest BCUT2D eigenvalue weighted by Gasteiger charge is -2.12. The van der Waals surface area contributed by atoms with E-state index in [-0.39, 0.29) is 21.8 Å². The van der Waals surface area contributed by atoms with Gasteiger partial charge in [-0.1, -0.05) is 23.7 Å². The third kappa shape index (κ3) is 3.33. The number of alkyl halides is 3. The highest BCUT2D eigenvalue weighted by atomic mass is 35.5. The van der Waals surface area contributed by atoms with Gasteiger partial charge in [-0.2, -0.15) is 0 Å². The number of hydrogen-bond acceptors (Lipinski definition) is 2. The van der Waals surface area contributed by atoms with Crippen molar-refractivity contribution in [3.8, 4) is 16.9 Å². The molecule has 106 valence electrons. The maximum absolute atomic E-state index is 13.3. The predicted octanol–water partition coefficient (Wildman–Crippen LogP) is 4.63. The third-order valence-corrected chi connectivity index (χ3v) is 2.79. The van der Waals surface area contributed by atoms with Crippen LogP contribution in [-0.2, 0) is 0 Å². The van der Waals surface area contributed by atoms with Crippen LogP contribution in [-0.4, -0.2) is 6.36 Å². The number of halogens is 5. The van der Waals surface area contributed by atoms with Crippen LogP contribution in [0.4, 0.5) is 23.2 Å². The molecule has 0 atom stereocenters. The fourth-order valence-corrected chi connectivity index (χ4v) is 1.89. The normalized spacial score (nSPS) is 11.4. The Bertz CT molecular complexity index is 643. The van der Waals surface area contributed by atoms with E-state index in [1.54, 1.807) is 0 Å². The highest BCUT2D eigenvalue weighted by molar-refractivity contribution is 6.33. The summed E-state index contributed by atoms with van der Waals surface area (Å²) in [5.74, 6) is -1.06. The summed E-state index contributed by atoms with van der Waals surface area (Å²) in [5, 5.41) is -0.0119. The topological polar surface area (TPSA) is 35.2 Å². The summed E-state index contributed by atoms with van der Waals surface area (Å²) in [7, 11) is 0. The van der Waals surface area contributed by atoms with Crippen LogP contribution in [0.1, 0.15) is 0 Å². The summed E-state index contributed by atoms with van der Waals surface area (Å²) in [6, 6.07) is 7.17. The Morgan fingerprint density at radius 3 is 2.45 bits per heavy atom. The molecule has 0 aromatic heterocycles. The molecule has 0 saturated heterocycles. The molecule has 0 aliphatic heterocycles. The van der Waals surface area contributed by atoms with Crippen molar-refractivity contribution in [2.24, 2.45) is 0 Å². The van der Waals surface area contributed by atoms with Crippen molar-refractivity contribution >= 4 is 17.3 Å². The maximum Gasteiger partial charge on any atom is 0.573 e. The zero-order valence-electron chi connectivity index (χ0n) is 9.84. The number of anilines is 1. The lowest BCUT2D eigenvalue weighted by atomic mass is 10.0. The number of benzene rings is 2. The number of nitrogens with two attached hydrogens (primary N) is 1. The van der Waals surface area contributed by atoms with E-state index in [9.17, 15) is 17.6 Å². The standard InChI is InChI=1S/C13H8ClF4NO/c14-11-6-8(15)5-10(12(11)19)7-2-1-3-9(4-7)20-13(16,17)18/h1-6H,19H2. The molecule has 0 saturated carbocycles. The van der Waals surface area contributed by atoms with Crippen LogP contribution >= 0.6 is 11.6 Å². The molecule has 0 amide bonds. The van der Waals surface area contributed by atoms with Crippen molar-refractivity contribution < 1.29 is 22.3 Å². The van der Waals surface area contributed by atoms with Gasteiger partial charge in [-0.3, -0.25) is 0 Å². The Labute approximate surface area is 116 Å². The molecule has 2 nitrogen and oxygen atoms in total. The third-order valence-electron chi connectivity index (χ3n) is 2.47. The van der Waals surface area contributed by atoms with Crippen LogP contribution in [0, 0.1) is 5.82 Å². The van der Waals surface area contributed by atoms with Crippen molar-refractivity contribution in [1.29, 1.82) is 0 Å². The predicted molar refractivity (Wildman–Crippen MR) is 67.9 cm³/mol. The molecule has 0 radical (unpaired) electrons. The van der Waals surface area contributed by atoms with Crippen molar-refractivity contribution in [2.75, 3.05) is 5.73 Å². The maximum atomic E-state index is 13.3. The highest BCUT2D eigenvalue weighted by Gasteiger charge is 2.31. The number of nitrogen functional groups attached to an aromatic ring is 1. The van der Waals surface area contributed by atoms with Crippen LogP contribution in [0.15, 0.2) is 36.4 Å². The van der Waals surface area contributed by atoms with E-state index >= 15 is 0 Å². The van der Waals surface area contributed by atoms with Gasteiger partial charge >= 0.3 is 6.36 Å². The van der Waals surface area contributed by atoms with Gasteiger partial charge in [0.05, 0.1) is 10.7 Å². The van der Waals surface area contributed by atoms with Crippen molar-refractivity contribution in [2.45, 2.75) is 6.36 Å². The van der Waals surface area contributed by atoms with Gasteiger partial charge in [0, 0.05) is 5.56 Å². The minimum atomic E-state index is -4.80. The molecule has 2 rings (SSSR count). The fourth-order valence-electron chi connectivity index (χ4n) is 1.68. The molecule has 2 aromatic rings. The van der Waals surface area contributed by atoms with Crippen LogP contribution in [0.25, 0.3) is 11.1 Å². The Morgan fingerprint density at radius 2 is 1.80 bits per heavy atom. The van der Waals surface area contributed by atoms with E-state index in [0.717, 1.165) is 24.3 Å². The van der Waals surface area contributed by atoms with Crippen molar-refractivity contribution in [1.82, 2.24) is 0 Å². The molecule has 0 bridgehead atoms. The lowest BCUT2D eigenvalue weighted by Crippen LogP contribution is -2.17. The monoisotopic (exact) mass is 305 g/mol. The number of ether oxygens (including phenoxy) is 1. The zero-order chi connectivity index (χ0) is 14.9. The molecule has 0 unspecified atom stereocenters. The summed E-state index contributed by atoms with van der Waals surface area (Å²) in [5.41, 5.74) is 6.25. The Morgan fingerprint density at radius 1 is 1.10 bits per heavy atom. The lowest BCUT2D eigenvalue weighted by molar-refractivity contribution is -0.274. The summed E-state index contributed by atoms with van der Waals surface area (Å²) in [6.45, 7) is 0. The first-order chi connectivity index (χ1) is 9.26. The summed E-state index contributed by atoms with van der Waals surface area (Å²) >= 11 is 5.74. The molecule has 0 aliphatic rings. The molecular weight excluding hydrogens is 298 g/mol. The van der Waals surface area contributed by atoms with E-state index in [1.807, 2.05) is 0 Å². The highest BCUT2D eigenvalue weighted by Crippen LogP contribution is 2.35. The van der Waals surface area contributed by atoms with Crippen LogP contribution in [0.5, 0.6) is 5.75 Å². The smallest absolute Gasteiger partial charge is 0.406 e. The number of hydrogen-bond donors (Lipinski definition) is 1.